The van der Waals surface area contributed by atoms with Crippen LogP contribution < -0.4 is 4.90 Å². The molecule has 0 spiro atoms. The van der Waals surface area contributed by atoms with Crippen LogP contribution in [0.15, 0.2) is 42.5 Å². The van der Waals surface area contributed by atoms with Crippen molar-refractivity contribution in [3.8, 4) is 6.07 Å². The molecule has 1 heterocycles. The lowest BCUT2D eigenvalue weighted by Gasteiger charge is -2.40. The van der Waals surface area contributed by atoms with E-state index in [2.05, 4.69) is 4.90 Å². The van der Waals surface area contributed by atoms with Gasteiger partial charge in [-0.15, -0.1) is 0 Å². The Hall–Kier alpha value is -2.98. The molecule has 0 bridgehead atoms. The fourth-order valence-electron chi connectivity index (χ4n) is 3.48. The van der Waals surface area contributed by atoms with Gasteiger partial charge < -0.3 is 9.80 Å². The van der Waals surface area contributed by atoms with Crippen LogP contribution in [0.2, 0.25) is 0 Å². The lowest BCUT2D eigenvalue weighted by Crippen LogP contribution is -2.51. The summed E-state index contributed by atoms with van der Waals surface area (Å²) >= 11 is 0. The maximum atomic E-state index is 13.9. The highest BCUT2D eigenvalue weighted by Gasteiger charge is 2.31. The van der Waals surface area contributed by atoms with E-state index in [-0.39, 0.29) is 5.91 Å². The van der Waals surface area contributed by atoms with Crippen molar-refractivity contribution < 1.29 is 13.6 Å². The van der Waals surface area contributed by atoms with Crippen molar-refractivity contribution >= 4 is 11.6 Å². The summed E-state index contributed by atoms with van der Waals surface area (Å²) in [5.41, 5.74) is 0.761. The number of carbonyl (C=O) groups excluding carboxylic acids is 1. The Bertz CT molecular complexity index is 864. The average Bonchev–Trinajstić information content (AvgIpc) is 2.69. The lowest BCUT2D eigenvalue weighted by atomic mass is 10.0. The number of halogens is 2. The van der Waals surface area contributed by atoms with E-state index < -0.39 is 23.2 Å². The highest BCUT2D eigenvalue weighted by Crippen LogP contribution is 2.27. The van der Waals surface area contributed by atoms with Crippen LogP contribution in [0.5, 0.6) is 0 Å². The zero-order chi connectivity index (χ0) is 20.3. The summed E-state index contributed by atoms with van der Waals surface area (Å²) in [5.74, 6) is -1.72. The van der Waals surface area contributed by atoms with Gasteiger partial charge in [0.05, 0.1) is 0 Å². The zero-order valence-corrected chi connectivity index (χ0v) is 15.9. The number of hydrogen-bond donors (Lipinski definition) is 0. The van der Waals surface area contributed by atoms with Crippen LogP contribution in [0, 0.1) is 23.0 Å². The number of likely N-dealkylation sites (N-methyl/N-ethyl adjacent to an activating group) is 1. The van der Waals surface area contributed by atoms with Crippen LogP contribution >= 0.6 is 0 Å². The Morgan fingerprint density at radius 2 is 1.64 bits per heavy atom. The third kappa shape index (κ3) is 3.97. The molecule has 7 heteroatoms. The number of anilines is 1. The molecule has 5 nitrogen and oxygen atoms in total. The molecular weight excluding hydrogens is 362 g/mol. The first kappa shape index (κ1) is 19.8. The van der Waals surface area contributed by atoms with Gasteiger partial charge in [-0.05, 0) is 17.7 Å². The highest BCUT2D eigenvalue weighted by molar-refractivity contribution is 5.83. The van der Waals surface area contributed by atoms with Gasteiger partial charge in [-0.3, -0.25) is 9.69 Å². The second-order valence-electron chi connectivity index (χ2n) is 6.97. The molecule has 1 aliphatic heterocycles. The lowest BCUT2D eigenvalue weighted by molar-refractivity contribution is -0.134. The Balaban J connectivity index is 1.78. The predicted octanol–water partition coefficient (Wildman–Crippen LogP) is 2.79. The minimum Gasteiger partial charge on any atom is -0.369 e. The summed E-state index contributed by atoms with van der Waals surface area (Å²) in [6, 6.07) is 13.1. The van der Waals surface area contributed by atoms with E-state index in [0.29, 0.717) is 31.9 Å². The SMILES string of the molecule is CN(C)C(=O)C(c1ccccc1)N1CCN(c2cc(F)c(C#N)c(F)c2)CC1. The number of nitriles is 1. The zero-order valence-electron chi connectivity index (χ0n) is 15.9. The topological polar surface area (TPSA) is 50.6 Å². The number of amides is 1. The van der Waals surface area contributed by atoms with E-state index >= 15 is 0 Å². The normalized spacial score (nSPS) is 15.8. The molecule has 1 fully saturated rings. The Morgan fingerprint density at radius 1 is 1.07 bits per heavy atom. The monoisotopic (exact) mass is 384 g/mol. The fraction of sp³-hybridized carbons (Fsp3) is 0.333. The Kier molecular flexibility index (Phi) is 5.90. The first-order chi connectivity index (χ1) is 13.4. The second kappa shape index (κ2) is 8.36. The molecule has 0 saturated carbocycles. The molecular formula is C21H22F2N4O. The van der Waals surface area contributed by atoms with Crippen molar-refractivity contribution in [1.82, 2.24) is 9.80 Å². The standard InChI is InChI=1S/C21H22F2N4O/c1-25(2)21(28)20(15-6-4-3-5-7-15)27-10-8-26(9-11-27)16-12-18(22)17(14-24)19(23)13-16/h3-7,12-13,20H,8-11H2,1-2H3. The molecule has 1 unspecified atom stereocenters. The molecule has 1 saturated heterocycles. The number of hydrogen-bond acceptors (Lipinski definition) is 4. The van der Waals surface area contributed by atoms with E-state index in [0.717, 1.165) is 5.56 Å². The molecule has 28 heavy (non-hydrogen) atoms. The Morgan fingerprint density at radius 3 is 2.14 bits per heavy atom. The molecule has 0 N–H and O–H groups in total. The summed E-state index contributed by atoms with van der Waals surface area (Å²) in [6.07, 6.45) is 0. The molecule has 2 aromatic rings. The fourth-order valence-corrected chi connectivity index (χ4v) is 3.48. The van der Waals surface area contributed by atoms with Gasteiger partial charge in [0.15, 0.2) is 0 Å². The van der Waals surface area contributed by atoms with Gasteiger partial charge in [0, 0.05) is 46.0 Å². The summed E-state index contributed by atoms with van der Waals surface area (Å²) in [7, 11) is 3.47. The van der Waals surface area contributed by atoms with Crippen LogP contribution in [0.1, 0.15) is 17.2 Å². The van der Waals surface area contributed by atoms with Crippen molar-refractivity contribution in [1.29, 1.82) is 5.26 Å². The van der Waals surface area contributed by atoms with Crippen molar-refractivity contribution in [2.45, 2.75) is 6.04 Å². The molecule has 1 atom stereocenters. The Labute approximate surface area is 163 Å². The van der Waals surface area contributed by atoms with Crippen molar-refractivity contribution in [3.05, 3.63) is 65.2 Å². The molecule has 2 aromatic carbocycles. The minimum atomic E-state index is -0.857. The first-order valence-electron chi connectivity index (χ1n) is 9.06. The second-order valence-corrected chi connectivity index (χ2v) is 6.97. The molecule has 1 aliphatic rings. The summed E-state index contributed by atoms with van der Waals surface area (Å²) in [6.45, 7) is 2.19. The van der Waals surface area contributed by atoms with E-state index in [1.165, 1.54) is 18.2 Å². The van der Waals surface area contributed by atoms with E-state index in [1.54, 1.807) is 19.0 Å². The summed E-state index contributed by atoms with van der Waals surface area (Å²) in [5, 5.41) is 8.82. The third-order valence-corrected chi connectivity index (χ3v) is 4.97. The van der Waals surface area contributed by atoms with Crippen molar-refractivity contribution in [3.63, 3.8) is 0 Å². The van der Waals surface area contributed by atoms with Crippen molar-refractivity contribution in [2.75, 3.05) is 45.2 Å². The molecule has 1 amide bonds. The summed E-state index contributed by atoms with van der Waals surface area (Å²) in [4.78, 5) is 18.3. The van der Waals surface area contributed by atoms with Crippen molar-refractivity contribution in [2.24, 2.45) is 0 Å². The van der Waals surface area contributed by atoms with E-state index in [9.17, 15) is 13.6 Å². The smallest absolute Gasteiger partial charge is 0.244 e. The minimum absolute atomic E-state index is 0.00453. The highest BCUT2D eigenvalue weighted by atomic mass is 19.1. The quantitative estimate of drug-likeness (QED) is 0.814. The molecule has 0 aromatic heterocycles. The van der Waals surface area contributed by atoms with Gasteiger partial charge in [-0.25, -0.2) is 8.78 Å². The molecule has 3 rings (SSSR count). The molecule has 146 valence electrons. The van der Waals surface area contributed by atoms with Crippen LogP contribution in [0.3, 0.4) is 0 Å². The van der Waals surface area contributed by atoms with Gasteiger partial charge in [0.1, 0.15) is 29.3 Å². The first-order valence-corrected chi connectivity index (χ1v) is 9.06. The largest absolute Gasteiger partial charge is 0.369 e. The van der Waals surface area contributed by atoms with E-state index in [4.69, 9.17) is 5.26 Å². The predicted molar refractivity (Wildman–Crippen MR) is 103 cm³/mol. The number of benzene rings is 2. The third-order valence-electron chi connectivity index (χ3n) is 4.97. The van der Waals surface area contributed by atoms with Gasteiger partial charge in [-0.1, -0.05) is 30.3 Å². The average molecular weight is 384 g/mol. The summed E-state index contributed by atoms with van der Waals surface area (Å²) < 4.78 is 27.9. The van der Waals surface area contributed by atoms with Gasteiger partial charge in [-0.2, -0.15) is 5.26 Å². The van der Waals surface area contributed by atoms with Gasteiger partial charge in [0.2, 0.25) is 5.91 Å². The van der Waals surface area contributed by atoms with Crippen LogP contribution in [-0.2, 0) is 4.79 Å². The number of rotatable bonds is 4. The number of nitrogens with zero attached hydrogens (tertiary/aromatic N) is 4. The van der Waals surface area contributed by atoms with Crippen LogP contribution in [0.4, 0.5) is 14.5 Å². The van der Waals surface area contributed by atoms with Crippen LogP contribution in [0.25, 0.3) is 0 Å². The number of piperazine rings is 1. The van der Waals surface area contributed by atoms with Crippen LogP contribution in [-0.4, -0.2) is 56.0 Å². The molecule has 0 radical (unpaired) electrons. The van der Waals surface area contributed by atoms with Gasteiger partial charge in [0.25, 0.3) is 0 Å². The number of carbonyl (C=O) groups is 1. The maximum absolute atomic E-state index is 13.9. The van der Waals surface area contributed by atoms with Gasteiger partial charge >= 0.3 is 0 Å². The molecule has 0 aliphatic carbocycles. The maximum Gasteiger partial charge on any atom is 0.244 e. The van der Waals surface area contributed by atoms with E-state index in [1.807, 2.05) is 35.2 Å².